The van der Waals surface area contributed by atoms with Crippen molar-refractivity contribution in [2.45, 2.75) is 83.8 Å². The summed E-state index contributed by atoms with van der Waals surface area (Å²) in [5, 5.41) is 21.1. The second kappa shape index (κ2) is 5.89. The molecule has 0 aliphatic heterocycles. The molecule has 120 valence electrons. The average molecular weight is 293 g/mol. The van der Waals surface area contributed by atoms with Crippen LogP contribution in [0, 0.1) is 28.1 Å². The molecule has 0 aromatic heterocycles. The number of ether oxygens (including phenoxy) is 1. The van der Waals surface area contributed by atoms with E-state index in [0.29, 0.717) is 17.8 Å². The van der Waals surface area contributed by atoms with E-state index in [4.69, 9.17) is 4.74 Å². The Morgan fingerprint density at radius 2 is 1.76 bits per heavy atom. The summed E-state index contributed by atoms with van der Waals surface area (Å²) in [4.78, 5) is 0. The first-order valence-electron chi connectivity index (χ1n) is 8.43. The van der Waals surface area contributed by atoms with Gasteiger partial charge in [-0.25, -0.2) is 0 Å². The molecule has 0 aromatic carbocycles. The number of hydrogen-bond donors (Lipinski definition) is 1. The Morgan fingerprint density at radius 1 is 1.14 bits per heavy atom. The van der Waals surface area contributed by atoms with Crippen LogP contribution in [0.2, 0.25) is 0 Å². The highest BCUT2D eigenvalue weighted by Gasteiger charge is 2.54. The second-order valence-electron chi connectivity index (χ2n) is 8.32. The first-order valence-corrected chi connectivity index (χ1v) is 8.43. The molecule has 0 heterocycles. The van der Waals surface area contributed by atoms with E-state index in [1.165, 1.54) is 0 Å². The van der Waals surface area contributed by atoms with Crippen LogP contribution < -0.4 is 0 Å². The molecule has 0 radical (unpaired) electrons. The maximum absolute atomic E-state index is 11.2. The maximum atomic E-state index is 11.2. The van der Waals surface area contributed by atoms with E-state index in [9.17, 15) is 10.4 Å². The standard InChI is InChI=1S/C18H31NO2/c1-16(2,3)14-7-10-17(13-19,11-8-14)18(20)9-5-6-15(12-18)21-4/h14-15,20H,5-12H2,1-4H3. The molecule has 0 saturated heterocycles. The van der Waals surface area contributed by atoms with E-state index in [-0.39, 0.29) is 6.10 Å². The van der Waals surface area contributed by atoms with Crippen molar-refractivity contribution in [3.8, 4) is 6.07 Å². The molecule has 2 unspecified atom stereocenters. The number of nitrogens with zero attached hydrogens (tertiary/aromatic N) is 1. The zero-order valence-electron chi connectivity index (χ0n) is 14.1. The van der Waals surface area contributed by atoms with Crippen LogP contribution in [0.4, 0.5) is 0 Å². The summed E-state index contributed by atoms with van der Waals surface area (Å²) in [7, 11) is 1.71. The van der Waals surface area contributed by atoms with Gasteiger partial charge in [0.2, 0.25) is 0 Å². The Labute approximate surface area is 129 Å². The molecule has 2 saturated carbocycles. The Bertz CT molecular complexity index is 398. The van der Waals surface area contributed by atoms with Crippen molar-refractivity contribution in [2.24, 2.45) is 16.7 Å². The number of nitriles is 1. The van der Waals surface area contributed by atoms with E-state index < -0.39 is 11.0 Å². The monoisotopic (exact) mass is 293 g/mol. The van der Waals surface area contributed by atoms with Crippen LogP contribution in [0.1, 0.15) is 72.1 Å². The van der Waals surface area contributed by atoms with Gasteiger partial charge in [-0.05, 0) is 56.3 Å². The predicted molar refractivity (Wildman–Crippen MR) is 83.7 cm³/mol. The largest absolute Gasteiger partial charge is 0.388 e. The Morgan fingerprint density at radius 3 is 2.24 bits per heavy atom. The highest BCUT2D eigenvalue weighted by atomic mass is 16.5. The van der Waals surface area contributed by atoms with Crippen molar-refractivity contribution in [1.29, 1.82) is 5.26 Å². The van der Waals surface area contributed by atoms with E-state index in [1.54, 1.807) is 7.11 Å². The fraction of sp³-hybridized carbons (Fsp3) is 0.944. The number of methoxy groups -OCH3 is 1. The molecule has 2 aliphatic rings. The lowest BCUT2D eigenvalue weighted by atomic mass is 9.55. The minimum atomic E-state index is -0.858. The third-order valence-electron chi connectivity index (χ3n) is 6.18. The third kappa shape index (κ3) is 3.12. The SMILES string of the molecule is COC1CCCC(O)(C2(C#N)CCC(C(C)(C)C)CC2)C1. The minimum Gasteiger partial charge on any atom is -0.388 e. The molecule has 0 aromatic rings. The summed E-state index contributed by atoms with van der Waals surface area (Å²) in [6, 6.07) is 2.54. The van der Waals surface area contributed by atoms with Crippen LogP contribution in [0.15, 0.2) is 0 Å². The van der Waals surface area contributed by atoms with Gasteiger partial charge in [0, 0.05) is 13.5 Å². The molecule has 2 rings (SSSR count). The zero-order valence-corrected chi connectivity index (χ0v) is 14.1. The molecule has 2 fully saturated rings. The minimum absolute atomic E-state index is 0.106. The quantitative estimate of drug-likeness (QED) is 0.835. The van der Waals surface area contributed by atoms with Gasteiger partial charge in [0.1, 0.15) is 0 Å². The van der Waals surface area contributed by atoms with Gasteiger partial charge in [0.25, 0.3) is 0 Å². The Kier molecular flexibility index (Phi) is 4.71. The zero-order chi connectivity index (χ0) is 15.7. The van der Waals surface area contributed by atoms with Crippen molar-refractivity contribution >= 4 is 0 Å². The molecule has 3 heteroatoms. The molecular formula is C18H31NO2. The smallest absolute Gasteiger partial charge is 0.0861 e. The van der Waals surface area contributed by atoms with Crippen LogP contribution in [0.25, 0.3) is 0 Å². The van der Waals surface area contributed by atoms with Crippen LogP contribution >= 0.6 is 0 Å². The summed E-state index contributed by atoms with van der Waals surface area (Å²) >= 11 is 0. The van der Waals surface area contributed by atoms with Gasteiger partial charge in [-0.3, -0.25) is 0 Å². The Hall–Kier alpha value is -0.590. The van der Waals surface area contributed by atoms with Gasteiger partial charge in [0.15, 0.2) is 0 Å². The van der Waals surface area contributed by atoms with Crippen LogP contribution in [-0.4, -0.2) is 23.9 Å². The lowest BCUT2D eigenvalue weighted by Crippen LogP contribution is -2.53. The number of hydrogen-bond acceptors (Lipinski definition) is 3. The first-order chi connectivity index (χ1) is 9.76. The second-order valence-corrected chi connectivity index (χ2v) is 8.32. The average Bonchev–Trinajstić information content (AvgIpc) is 2.46. The van der Waals surface area contributed by atoms with Crippen molar-refractivity contribution in [3.63, 3.8) is 0 Å². The van der Waals surface area contributed by atoms with Gasteiger partial charge in [-0.2, -0.15) is 5.26 Å². The van der Waals surface area contributed by atoms with E-state index >= 15 is 0 Å². The van der Waals surface area contributed by atoms with E-state index in [1.807, 2.05) is 0 Å². The fourth-order valence-corrected chi connectivity index (χ4v) is 4.50. The molecule has 21 heavy (non-hydrogen) atoms. The molecule has 3 nitrogen and oxygen atoms in total. The summed E-state index contributed by atoms with van der Waals surface area (Å²) in [5.74, 6) is 0.657. The fourth-order valence-electron chi connectivity index (χ4n) is 4.50. The molecule has 2 aliphatic carbocycles. The van der Waals surface area contributed by atoms with Gasteiger partial charge in [-0.1, -0.05) is 20.8 Å². The van der Waals surface area contributed by atoms with Crippen LogP contribution in [0.5, 0.6) is 0 Å². The Balaban J connectivity index is 2.14. The lowest BCUT2D eigenvalue weighted by molar-refractivity contribution is -0.136. The topological polar surface area (TPSA) is 53.2 Å². The van der Waals surface area contributed by atoms with Gasteiger partial charge in [0.05, 0.1) is 23.2 Å². The van der Waals surface area contributed by atoms with Crippen LogP contribution in [0.3, 0.4) is 0 Å². The van der Waals surface area contributed by atoms with Crippen molar-refractivity contribution in [3.05, 3.63) is 0 Å². The normalized spacial score (nSPS) is 41.5. The molecule has 0 bridgehead atoms. The summed E-state index contributed by atoms with van der Waals surface area (Å²) in [6.45, 7) is 6.86. The van der Waals surface area contributed by atoms with Gasteiger partial charge < -0.3 is 9.84 Å². The molecule has 1 N–H and O–H groups in total. The van der Waals surface area contributed by atoms with Gasteiger partial charge in [-0.15, -0.1) is 0 Å². The molecule has 0 amide bonds. The number of rotatable bonds is 2. The third-order valence-corrected chi connectivity index (χ3v) is 6.18. The van der Waals surface area contributed by atoms with Crippen LogP contribution in [-0.2, 0) is 4.74 Å². The highest BCUT2D eigenvalue weighted by Crippen LogP contribution is 2.54. The van der Waals surface area contributed by atoms with Crippen molar-refractivity contribution in [1.82, 2.24) is 0 Å². The predicted octanol–water partition coefficient (Wildman–Crippen LogP) is 4.05. The van der Waals surface area contributed by atoms with E-state index in [2.05, 4.69) is 26.8 Å². The maximum Gasteiger partial charge on any atom is 0.0861 e. The highest BCUT2D eigenvalue weighted by molar-refractivity contribution is 5.15. The van der Waals surface area contributed by atoms with Crippen molar-refractivity contribution in [2.75, 3.05) is 7.11 Å². The summed E-state index contributed by atoms with van der Waals surface area (Å²) < 4.78 is 5.47. The molecule has 2 atom stereocenters. The number of aliphatic hydroxyl groups is 1. The first kappa shape index (κ1) is 16.8. The van der Waals surface area contributed by atoms with Gasteiger partial charge >= 0.3 is 0 Å². The van der Waals surface area contributed by atoms with Crippen molar-refractivity contribution < 1.29 is 9.84 Å². The van der Waals surface area contributed by atoms with E-state index in [0.717, 1.165) is 44.9 Å². The summed E-state index contributed by atoms with van der Waals surface area (Å²) in [5.41, 5.74) is -1.12. The lowest BCUT2D eigenvalue weighted by Gasteiger charge is -2.51. The molecule has 0 spiro atoms. The summed E-state index contributed by atoms with van der Waals surface area (Å²) in [6.07, 6.45) is 7.21. The molecular weight excluding hydrogens is 262 g/mol.